The molecule has 1 aromatic carbocycles. The molecule has 114 valence electrons. The molecule has 0 atom stereocenters. The van der Waals surface area contributed by atoms with E-state index in [0.717, 1.165) is 31.0 Å². The Balaban J connectivity index is 2.41. The average Bonchev–Trinajstić information content (AvgIpc) is 2.51. The van der Waals surface area contributed by atoms with E-state index in [0.29, 0.717) is 17.4 Å². The molecular formula is C16H22BrN3O. The number of rotatable bonds is 7. The first-order chi connectivity index (χ1) is 10.2. The summed E-state index contributed by atoms with van der Waals surface area (Å²) in [6.45, 7) is 4.99. The Kier molecular flexibility index (Phi) is 5.51. The second-order valence-corrected chi connectivity index (χ2v) is 6.26. The van der Waals surface area contributed by atoms with E-state index >= 15 is 0 Å². The Bertz CT molecular complexity index is 647. The van der Waals surface area contributed by atoms with E-state index in [-0.39, 0.29) is 11.0 Å². The molecule has 0 unspecified atom stereocenters. The summed E-state index contributed by atoms with van der Waals surface area (Å²) >= 11 is 3.64. The van der Waals surface area contributed by atoms with Crippen molar-refractivity contribution in [2.24, 2.45) is 5.41 Å². The first kappa shape index (κ1) is 16.1. The number of nitrogens with zero attached hydrogens (tertiary/aromatic N) is 3. The highest BCUT2D eigenvalue weighted by Crippen LogP contribution is 2.33. The molecule has 21 heavy (non-hydrogen) atoms. The summed E-state index contributed by atoms with van der Waals surface area (Å²) in [5.74, 6) is 0. The predicted molar refractivity (Wildman–Crippen MR) is 89.8 cm³/mol. The van der Waals surface area contributed by atoms with Gasteiger partial charge in [-0.3, -0.25) is 4.79 Å². The molecule has 1 aromatic heterocycles. The summed E-state index contributed by atoms with van der Waals surface area (Å²) in [5.41, 5.74) is 0.692. The molecule has 0 bridgehead atoms. The van der Waals surface area contributed by atoms with Gasteiger partial charge in [-0.15, -0.1) is 5.10 Å². The lowest BCUT2D eigenvalue weighted by atomic mass is 9.81. The zero-order chi connectivity index (χ0) is 15.3. The summed E-state index contributed by atoms with van der Waals surface area (Å²) in [7, 11) is 0. The van der Waals surface area contributed by atoms with Crippen LogP contribution in [0.5, 0.6) is 0 Å². The molecular weight excluding hydrogens is 330 g/mol. The molecule has 0 amide bonds. The van der Waals surface area contributed by atoms with Crippen molar-refractivity contribution in [2.45, 2.75) is 46.1 Å². The predicted octanol–water partition coefficient (Wildman–Crippen LogP) is 3.77. The van der Waals surface area contributed by atoms with E-state index < -0.39 is 0 Å². The number of alkyl halides is 1. The Morgan fingerprint density at radius 1 is 1.19 bits per heavy atom. The molecule has 0 spiro atoms. The van der Waals surface area contributed by atoms with Gasteiger partial charge in [0.25, 0.3) is 5.56 Å². The van der Waals surface area contributed by atoms with Crippen LogP contribution in [0.3, 0.4) is 0 Å². The fraction of sp³-hybridized carbons (Fsp3) is 0.562. The Labute approximate surface area is 133 Å². The normalized spacial score (nSPS) is 12.0. The zero-order valence-electron chi connectivity index (χ0n) is 12.7. The second kappa shape index (κ2) is 7.16. The third-order valence-electron chi connectivity index (χ3n) is 3.96. The largest absolute Gasteiger partial charge is 0.277 e. The molecule has 0 radical (unpaired) electrons. The van der Waals surface area contributed by atoms with Gasteiger partial charge in [0.05, 0.1) is 11.9 Å². The minimum atomic E-state index is -0.0434. The zero-order valence-corrected chi connectivity index (χ0v) is 14.3. The van der Waals surface area contributed by atoms with Crippen LogP contribution < -0.4 is 5.56 Å². The quantitative estimate of drug-likeness (QED) is 0.713. The van der Waals surface area contributed by atoms with Gasteiger partial charge >= 0.3 is 0 Å². The van der Waals surface area contributed by atoms with Gasteiger partial charge in [0.15, 0.2) is 0 Å². The second-order valence-electron chi connectivity index (χ2n) is 5.70. The van der Waals surface area contributed by atoms with Crippen LogP contribution in [0, 0.1) is 5.41 Å². The molecule has 0 saturated heterocycles. The van der Waals surface area contributed by atoms with Gasteiger partial charge in [0, 0.05) is 5.33 Å². The van der Waals surface area contributed by atoms with Gasteiger partial charge in [0.1, 0.15) is 5.52 Å². The maximum absolute atomic E-state index is 12.6. The monoisotopic (exact) mass is 351 g/mol. The highest BCUT2D eigenvalue weighted by atomic mass is 79.9. The molecule has 2 rings (SSSR count). The van der Waals surface area contributed by atoms with Crippen LogP contribution in [0.15, 0.2) is 29.1 Å². The van der Waals surface area contributed by atoms with Crippen LogP contribution in [0.4, 0.5) is 0 Å². The molecule has 0 N–H and O–H groups in total. The Morgan fingerprint density at radius 2 is 1.86 bits per heavy atom. The van der Waals surface area contributed by atoms with Crippen molar-refractivity contribution in [1.29, 1.82) is 0 Å². The standard InChI is InChI=1S/C16H22BrN3O/c1-3-9-16(11-17,10-4-2)12-20-15(21)13-7-5-6-8-14(13)18-19-20/h5-8H,3-4,9-12H2,1-2H3. The molecule has 1 heterocycles. The maximum atomic E-state index is 12.6. The SMILES string of the molecule is CCCC(CBr)(CCC)Cn1nnc2ccccc2c1=O. The number of hydrogen-bond acceptors (Lipinski definition) is 3. The van der Waals surface area contributed by atoms with Crippen molar-refractivity contribution in [3.63, 3.8) is 0 Å². The van der Waals surface area contributed by atoms with Crippen molar-refractivity contribution < 1.29 is 0 Å². The van der Waals surface area contributed by atoms with E-state index in [1.54, 1.807) is 0 Å². The number of fused-ring (bicyclic) bond motifs is 1. The molecule has 5 heteroatoms. The van der Waals surface area contributed by atoms with Crippen molar-refractivity contribution >= 4 is 26.8 Å². The molecule has 0 fully saturated rings. The van der Waals surface area contributed by atoms with E-state index in [9.17, 15) is 4.79 Å². The molecule has 0 aliphatic carbocycles. The first-order valence-corrected chi connectivity index (χ1v) is 8.66. The molecule has 2 aromatic rings. The van der Waals surface area contributed by atoms with Crippen molar-refractivity contribution in [3.8, 4) is 0 Å². The fourth-order valence-electron chi connectivity index (χ4n) is 2.96. The molecule has 0 saturated carbocycles. The highest BCUT2D eigenvalue weighted by molar-refractivity contribution is 9.09. The van der Waals surface area contributed by atoms with Crippen molar-refractivity contribution in [2.75, 3.05) is 5.33 Å². The van der Waals surface area contributed by atoms with E-state index in [4.69, 9.17) is 0 Å². The van der Waals surface area contributed by atoms with E-state index in [1.165, 1.54) is 4.68 Å². The lowest BCUT2D eigenvalue weighted by molar-refractivity contribution is 0.216. The lowest BCUT2D eigenvalue weighted by Crippen LogP contribution is -2.35. The van der Waals surface area contributed by atoms with Gasteiger partial charge in [0.2, 0.25) is 0 Å². The van der Waals surface area contributed by atoms with Crippen LogP contribution in [0.2, 0.25) is 0 Å². The van der Waals surface area contributed by atoms with Crippen LogP contribution >= 0.6 is 15.9 Å². The molecule has 0 aliphatic heterocycles. The lowest BCUT2D eigenvalue weighted by Gasteiger charge is -2.31. The number of halogens is 1. The van der Waals surface area contributed by atoms with Gasteiger partial charge < -0.3 is 0 Å². The van der Waals surface area contributed by atoms with Crippen LogP contribution in [0.25, 0.3) is 10.9 Å². The van der Waals surface area contributed by atoms with Gasteiger partial charge in [-0.2, -0.15) is 0 Å². The van der Waals surface area contributed by atoms with Gasteiger partial charge in [-0.1, -0.05) is 60.0 Å². The Hall–Kier alpha value is -1.23. The Morgan fingerprint density at radius 3 is 2.48 bits per heavy atom. The minimum absolute atomic E-state index is 0.0434. The van der Waals surface area contributed by atoms with E-state index in [2.05, 4.69) is 40.1 Å². The van der Waals surface area contributed by atoms with Gasteiger partial charge in [-0.25, -0.2) is 4.68 Å². The minimum Gasteiger partial charge on any atom is -0.267 e. The maximum Gasteiger partial charge on any atom is 0.277 e. The highest BCUT2D eigenvalue weighted by Gasteiger charge is 2.29. The van der Waals surface area contributed by atoms with Gasteiger partial charge in [-0.05, 0) is 30.4 Å². The van der Waals surface area contributed by atoms with Crippen LogP contribution in [-0.2, 0) is 6.54 Å². The molecule has 4 nitrogen and oxygen atoms in total. The molecule has 0 aliphatic rings. The van der Waals surface area contributed by atoms with Crippen LogP contribution in [-0.4, -0.2) is 20.3 Å². The average molecular weight is 352 g/mol. The smallest absolute Gasteiger partial charge is 0.267 e. The summed E-state index contributed by atoms with van der Waals surface area (Å²) in [6.07, 6.45) is 4.35. The summed E-state index contributed by atoms with van der Waals surface area (Å²) in [6, 6.07) is 7.38. The van der Waals surface area contributed by atoms with Crippen LogP contribution in [0.1, 0.15) is 39.5 Å². The topological polar surface area (TPSA) is 47.8 Å². The summed E-state index contributed by atoms with van der Waals surface area (Å²) in [5, 5.41) is 9.84. The third kappa shape index (κ3) is 3.51. The van der Waals surface area contributed by atoms with Crippen molar-refractivity contribution in [3.05, 3.63) is 34.6 Å². The first-order valence-electron chi connectivity index (χ1n) is 7.54. The van der Waals surface area contributed by atoms with E-state index in [1.807, 2.05) is 24.3 Å². The third-order valence-corrected chi connectivity index (χ3v) is 5.15. The number of aromatic nitrogens is 3. The van der Waals surface area contributed by atoms with Crippen molar-refractivity contribution in [1.82, 2.24) is 15.0 Å². The summed E-state index contributed by atoms with van der Waals surface area (Å²) < 4.78 is 1.54. The fourth-order valence-corrected chi connectivity index (χ4v) is 3.70. The number of benzene rings is 1. The summed E-state index contributed by atoms with van der Waals surface area (Å²) in [4.78, 5) is 12.6. The number of hydrogen-bond donors (Lipinski definition) is 0.